The number of hydrogen-bond acceptors (Lipinski definition) is 1. The minimum absolute atomic E-state index is 0.325. The second kappa shape index (κ2) is 8.05. The number of rotatable bonds is 3. The van der Waals surface area contributed by atoms with Crippen molar-refractivity contribution in [1.82, 2.24) is 0 Å². The molecule has 0 amide bonds. The molecular formula is C23H20Cl2F3OTi. The van der Waals surface area contributed by atoms with E-state index < -0.39 is 11.7 Å². The van der Waals surface area contributed by atoms with Gasteiger partial charge in [0.15, 0.2) is 0 Å². The van der Waals surface area contributed by atoms with E-state index in [9.17, 15) is 13.2 Å². The molecule has 0 saturated carbocycles. The van der Waals surface area contributed by atoms with Crippen molar-refractivity contribution >= 4 is 28.8 Å². The van der Waals surface area contributed by atoms with Crippen LogP contribution in [0.25, 0.3) is 16.7 Å². The van der Waals surface area contributed by atoms with Gasteiger partial charge >= 0.3 is 197 Å². The number of hydrogen-bond donors (Lipinski definition) is 0. The van der Waals surface area contributed by atoms with E-state index in [1.807, 2.05) is 6.92 Å². The van der Waals surface area contributed by atoms with Crippen molar-refractivity contribution in [3.8, 4) is 16.9 Å². The van der Waals surface area contributed by atoms with Gasteiger partial charge in [-0.1, -0.05) is 0 Å². The Balaban J connectivity index is 2.37. The molecule has 0 saturated heterocycles. The van der Waals surface area contributed by atoms with E-state index in [1.165, 1.54) is 44.1 Å². The van der Waals surface area contributed by atoms with Gasteiger partial charge in [0.25, 0.3) is 0 Å². The normalized spacial score (nSPS) is 16.4. The fourth-order valence-electron chi connectivity index (χ4n) is 4.12. The number of allylic oxidation sites excluding steroid dienone is 4. The molecule has 30 heavy (non-hydrogen) atoms. The van der Waals surface area contributed by atoms with Crippen LogP contribution >= 0.6 is 23.2 Å². The van der Waals surface area contributed by atoms with Gasteiger partial charge in [0.1, 0.15) is 0 Å². The summed E-state index contributed by atoms with van der Waals surface area (Å²) in [6.07, 6.45) is -4.41. The first-order valence-electron chi connectivity index (χ1n) is 9.25. The van der Waals surface area contributed by atoms with Crippen LogP contribution in [0, 0.1) is 5.41 Å². The van der Waals surface area contributed by atoms with Gasteiger partial charge in [-0.15, -0.1) is 0 Å². The Bertz CT molecular complexity index is 1080. The van der Waals surface area contributed by atoms with E-state index in [2.05, 4.69) is 27.7 Å². The van der Waals surface area contributed by atoms with Gasteiger partial charge in [0, 0.05) is 0 Å². The van der Waals surface area contributed by atoms with E-state index in [4.69, 9.17) is 26.5 Å². The minimum atomic E-state index is -4.41. The van der Waals surface area contributed by atoms with Crippen LogP contribution in [0.4, 0.5) is 13.2 Å². The van der Waals surface area contributed by atoms with Crippen molar-refractivity contribution in [3.63, 3.8) is 0 Å². The molecule has 2 aromatic carbocycles. The maximum atomic E-state index is 13.1. The third-order valence-electron chi connectivity index (χ3n) is 6.11. The Labute approximate surface area is 196 Å². The molecule has 0 unspecified atom stereocenters. The maximum absolute atomic E-state index is 13.1. The fourth-order valence-corrected chi connectivity index (χ4v) is 4.81. The van der Waals surface area contributed by atoms with Gasteiger partial charge < -0.3 is 0 Å². The molecule has 0 radical (unpaired) electrons. The summed E-state index contributed by atoms with van der Waals surface area (Å²) in [7, 11) is 0. The second-order valence-corrected chi connectivity index (χ2v) is 9.08. The summed E-state index contributed by atoms with van der Waals surface area (Å²) in [5.74, 6) is 0.456. The number of benzene rings is 2. The Kier molecular flexibility index (Phi) is 6.30. The molecule has 1 nitrogen and oxygen atoms in total. The predicted octanol–water partition coefficient (Wildman–Crippen LogP) is 8.67. The first-order valence-corrected chi connectivity index (χ1v) is 10.6. The zero-order valence-electron chi connectivity index (χ0n) is 17.2. The predicted molar refractivity (Wildman–Crippen MR) is 112 cm³/mol. The summed E-state index contributed by atoms with van der Waals surface area (Å²) >= 11 is 14.7. The molecule has 0 aromatic heterocycles. The Morgan fingerprint density at radius 1 is 0.933 bits per heavy atom. The van der Waals surface area contributed by atoms with Gasteiger partial charge in [0.2, 0.25) is 0 Å². The zero-order chi connectivity index (χ0) is 22.6. The van der Waals surface area contributed by atoms with Crippen molar-refractivity contribution in [3.05, 3.63) is 68.2 Å². The Morgan fingerprint density at radius 3 is 1.93 bits per heavy atom. The van der Waals surface area contributed by atoms with Crippen LogP contribution in [0.15, 0.2) is 47.1 Å². The molecule has 7 heteroatoms. The zero-order valence-corrected chi connectivity index (χ0v) is 20.3. The average molecular weight is 488 g/mol. The van der Waals surface area contributed by atoms with Crippen LogP contribution in [0.1, 0.15) is 45.7 Å². The van der Waals surface area contributed by atoms with Gasteiger partial charge in [-0.3, -0.25) is 0 Å². The van der Waals surface area contributed by atoms with E-state index in [0.717, 1.165) is 23.3 Å². The van der Waals surface area contributed by atoms with Gasteiger partial charge in [-0.2, -0.15) is 0 Å². The molecule has 1 aliphatic rings. The molecule has 0 atom stereocenters. The van der Waals surface area contributed by atoms with E-state index >= 15 is 0 Å². The molecule has 0 aliphatic heterocycles. The topological polar surface area (TPSA) is 9.23 Å². The van der Waals surface area contributed by atoms with Crippen molar-refractivity contribution in [2.45, 2.75) is 40.8 Å². The summed E-state index contributed by atoms with van der Waals surface area (Å²) < 4.78 is 44.8. The first-order chi connectivity index (χ1) is 13.8. The molecule has 157 valence electrons. The van der Waals surface area contributed by atoms with Crippen LogP contribution in [0.5, 0.6) is 5.75 Å². The fraction of sp³-hybridized carbons (Fsp3) is 0.304. The summed E-state index contributed by atoms with van der Waals surface area (Å²) in [5, 5.41) is 0.690. The Morgan fingerprint density at radius 2 is 1.50 bits per heavy atom. The van der Waals surface area contributed by atoms with Gasteiger partial charge in [-0.25, -0.2) is 0 Å². The molecule has 0 bridgehead atoms. The summed E-state index contributed by atoms with van der Waals surface area (Å²) in [5.41, 5.74) is 5.32. The van der Waals surface area contributed by atoms with Crippen molar-refractivity contribution < 1.29 is 37.3 Å². The number of halogens is 5. The number of alkyl halides is 3. The van der Waals surface area contributed by atoms with Crippen molar-refractivity contribution in [2.24, 2.45) is 5.41 Å². The average Bonchev–Trinajstić information content (AvgIpc) is 2.82. The standard InChI is InChI=1S/C23H21Cl2F3O.Ti/c1-11-12(2)20(22(4,5)13(11)3)19-18(17(29)10-16(24)21(19)25)14-6-8-15(9-7-14)23(26,27)28;/h6-10,29H,1-5H3;/q;+1/p-1. The molecule has 0 fully saturated rings. The van der Waals surface area contributed by atoms with Crippen molar-refractivity contribution in [2.75, 3.05) is 0 Å². The second-order valence-electron chi connectivity index (χ2n) is 7.97. The molecule has 2 aromatic rings. The quantitative estimate of drug-likeness (QED) is 0.393. The van der Waals surface area contributed by atoms with Crippen LogP contribution in [0.3, 0.4) is 0 Å². The van der Waals surface area contributed by atoms with E-state index in [1.54, 1.807) is 6.07 Å². The third kappa shape index (κ3) is 3.77. The van der Waals surface area contributed by atoms with Crippen LogP contribution < -0.4 is 3.32 Å². The van der Waals surface area contributed by atoms with Gasteiger partial charge in [-0.05, 0) is 0 Å². The van der Waals surface area contributed by atoms with Crippen LogP contribution in [-0.4, -0.2) is 0 Å². The van der Waals surface area contributed by atoms with E-state index in [0.29, 0.717) is 32.5 Å². The summed E-state index contributed by atoms with van der Waals surface area (Å²) in [6, 6.07) is 6.62. The molecule has 0 heterocycles. The molecule has 1 aliphatic carbocycles. The molecule has 0 spiro atoms. The monoisotopic (exact) mass is 487 g/mol. The molecule has 3 rings (SSSR count). The van der Waals surface area contributed by atoms with Gasteiger partial charge in [0.05, 0.1) is 0 Å². The van der Waals surface area contributed by atoms with Crippen molar-refractivity contribution in [1.29, 1.82) is 0 Å². The summed E-state index contributed by atoms with van der Waals surface area (Å²) in [6.45, 7) is 10.4. The van der Waals surface area contributed by atoms with Crippen LogP contribution in [0.2, 0.25) is 10.0 Å². The molecular weight excluding hydrogens is 468 g/mol. The van der Waals surface area contributed by atoms with E-state index in [-0.39, 0.29) is 5.41 Å². The summed E-state index contributed by atoms with van der Waals surface area (Å²) in [4.78, 5) is 0. The van der Waals surface area contributed by atoms with Crippen LogP contribution in [-0.2, 0) is 27.0 Å². The SMILES string of the molecule is CC1=C(C)C(C)(C)C(c2c(Cl)c(Cl)cc([O][Ti])c2-c2ccc(C(F)(F)F)cc2)=C1C. The Hall–Kier alpha value is -1.20. The molecule has 0 N–H and O–H groups in total. The third-order valence-corrected chi connectivity index (χ3v) is 7.24. The first kappa shape index (κ1) is 23.5.